The SMILES string of the molecule is CN=C(NCC1(c2ccc(Cl)cc2)CCCC1)N1CCC(N2CCOCC2)C1.I. The van der Waals surface area contributed by atoms with Crippen LogP contribution in [-0.4, -0.2) is 74.8 Å². The number of nitrogens with one attached hydrogen (secondary N) is 1. The van der Waals surface area contributed by atoms with Crippen LogP contribution in [0.4, 0.5) is 0 Å². The van der Waals surface area contributed by atoms with Crippen molar-refractivity contribution in [3.8, 4) is 0 Å². The summed E-state index contributed by atoms with van der Waals surface area (Å²) in [5.74, 6) is 1.05. The molecule has 0 radical (unpaired) electrons. The number of ether oxygens (including phenoxy) is 1. The van der Waals surface area contributed by atoms with E-state index in [9.17, 15) is 0 Å². The number of likely N-dealkylation sites (tertiary alicyclic amines) is 1. The summed E-state index contributed by atoms with van der Waals surface area (Å²) in [5.41, 5.74) is 1.61. The third-order valence-corrected chi connectivity index (χ3v) is 7.09. The molecule has 3 fully saturated rings. The second-order valence-corrected chi connectivity index (χ2v) is 8.87. The van der Waals surface area contributed by atoms with Crippen LogP contribution in [-0.2, 0) is 10.2 Å². The molecule has 29 heavy (non-hydrogen) atoms. The maximum atomic E-state index is 6.12. The molecule has 0 amide bonds. The highest BCUT2D eigenvalue weighted by Crippen LogP contribution is 2.41. The maximum absolute atomic E-state index is 6.12. The van der Waals surface area contributed by atoms with Crippen LogP contribution in [0.1, 0.15) is 37.7 Å². The number of hydrogen-bond donors (Lipinski definition) is 1. The molecule has 1 aliphatic carbocycles. The van der Waals surface area contributed by atoms with Crippen LogP contribution in [0, 0.1) is 0 Å². The van der Waals surface area contributed by atoms with E-state index in [1.807, 2.05) is 19.2 Å². The molecule has 5 nitrogen and oxygen atoms in total. The number of morpholine rings is 1. The van der Waals surface area contributed by atoms with E-state index in [-0.39, 0.29) is 29.4 Å². The summed E-state index contributed by atoms with van der Waals surface area (Å²) >= 11 is 6.12. The first-order valence-corrected chi connectivity index (χ1v) is 11.1. The Bertz CT molecular complexity index is 672. The number of halogens is 2. The Morgan fingerprint density at radius 2 is 1.86 bits per heavy atom. The van der Waals surface area contributed by atoms with Gasteiger partial charge in [-0.15, -0.1) is 24.0 Å². The second kappa shape index (κ2) is 10.6. The fraction of sp³-hybridized carbons (Fsp3) is 0.682. The molecule has 1 atom stereocenters. The summed E-state index contributed by atoms with van der Waals surface area (Å²) in [4.78, 5) is 9.64. The normalized spacial score (nSPS) is 25.1. The highest BCUT2D eigenvalue weighted by Gasteiger charge is 2.37. The molecule has 0 bridgehead atoms. The Balaban J connectivity index is 0.00000240. The van der Waals surface area contributed by atoms with Crippen LogP contribution in [0.15, 0.2) is 29.3 Å². The van der Waals surface area contributed by atoms with Crippen LogP contribution in [0.5, 0.6) is 0 Å². The van der Waals surface area contributed by atoms with Crippen LogP contribution < -0.4 is 5.32 Å². The average molecular weight is 533 g/mol. The van der Waals surface area contributed by atoms with Gasteiger partial charge in [0, 0.05) is 56.3 Å². The minimum absolute atomic E-state index is 0. The topological polar surface area (TPSA) is 40.1 Å². The van der Waals surface area contributed by atoms with Crippen molar-refractivity contribution in [2.45, 2.75) is 43.6 Å². The molecule has 1 saturated carbocycles. The van der Waals surface area contributed by atoms with Crippen molar-refractivity contribution in [3.05, 3.63) is 34.9 Å². The summed E-state index contributed by atoms with van der Waals surface area (Å²) in [5, 5.41) is 4.54. The van der Waals surface area contributed by atoms with Gasteiger partial charge in [0.05, 0.1) is 13.2 Å². The molecule has 0 aromatic heterocycles. The second-order valence-electron chi connectivity index (χ2n) is 8.43. The zero-order valence-electron chi connectivity index (χ0n) is 17.4. The Morgan fingerprint density at radius 1 is 1.17 bits per heavy atom. The van der Waals surface area contributed by atoms with Crippen molar-refractivity contribution in [2.75, 3.05) is 53.0 Å². The number of nitrogens with zero attached hydrogens (tertiary/aromatic N) is 3. The zero-order chi connectivity index (χ0) is 19.4. The Morgan fingerprint density at radius 3 is 2.52 bits per heavy atom. The van der Waals surface area contributed by atoms with Gasteiger partial charge in [-0.05, 0) is 37.0 Å². The van der Waals surface area contributed by atoms with Crippen molar-refractivity contribution < 1.29 is 4.74 Å². The van der Waals surface area contributed by atoms with E-state index in [4.69, 9.17) is 16.3 Å². The minimum Gasteiger partial charge on any atom is -0.379 e. The summed E-state index contributed by atoms with van der Waals surface area (Å²) in [6, 6.07) is 9.10. The molecule has 1 N–H and O–H groups in total. The van der Waals surface area contributed by atoms with Gasteiger partial charge in [0.25, 0.3) is 0 Å². The smallest absolute Gasteiger partial charge is 0.193 e. The molecule has 1 aromatic rings. The first kappa shape index (κ1) is 23.1. The lowest BCUT2D eigenvalue weighted by Crippen LogP contribution is -2.48. The van der Waals surface area contributed by atoms with Gasteiger partial charge in [0.2, 0.25) is 0 Å². The number of rotatable bonds is 4. The molecule has 2 heterocycles. The predicted octanol–water partition coefficient (Wildman–Crippen LogP) is 3.75. The lowest BCUT2D eigenvalue weighted by atomic mass is 9.79. The summed E-state index contributed by atoms with van der Waals surface area (Å²) in [7, 11) is 1.91. The van der Waals surface area contributed by atoms with E-state index in [0.717, 1.165) is 56.9 Å². The van der Waals surface area contributed by atoms with Gasteiger partial charge in [-0.1, -0.05) is 36.6 Å². The van der Waals surface area contributed by atoms with Gasteiger partial charge >= 0.3 is 0 Å². The molecule has 1 aromatic carbocycles. The van der Waals surface area contributed by atoms with Gasteiger partial charge in [0.15, 0.2) is 5.96 Å². The molecule has 2 aliphatic heterocycles. The van der Waals surface area contributed by atoms with E-state index in [1.54, 1.807) is 0 Å². The molecule has 0 spiro atoms. The molecular formula is C22H34ClIN4O. The quantitative estimate of drug-likeness (QED) is 0.364. The Hall–Kier alpha value is -0.570. The van der Waals surface area contributed by atoms with E-state index < -0.39 is 0 Å². The first-order valence-electron chi connectivity index (χ1n) is 10.7. The van der Waals surface area contributed by atoms with E-state index in [1.165, 1.54) is 37.7 Å². The molecule has 2 saturated heterocycles. The van der Waals surface area contributed by atoms with Crippen LogP contribution in [0.25, 0.3) is 0 Å². The van der Waals surface area contributed by atoms with E-state index >= 15 is 0 Å². The van der Waals surface area contributed by atoms with Crippen molar-refractivity contribution in [1.82, 2.24) is 15.1 Å². The van der Waals surface area contributed by atoms with Crippen molar-refractivity contribution in [1.29, 1.82) is 0 Å². The Kier molecular flexibility index (Phi) is 8.48. The van der Waals surface area contributed by atoms with E-state index in [2.05, 4.69) is 32.2 Å². The lowest BCUT2D eigenvalue weighted by molar-refractivity contribution is 0.0195. The Labute approximate surface area is 197 Å². The van der Waals surface area contributed by atoms with Crippen LogP contribution >= 0.6 is 35.6 Å². The van der Waals surface area contributed by atoms with Crippen LogP contribution in [0.3, 0.4) is 0 Å². The highest BCUT2D eigenvalue weighted by atomic mass is 127. The van der Waals surface area contributed by atoms with Crippen molar-refractivity contribution >= 4 is 41.5 Å². The van der Waals surface area contributed by atoms with E-state index in [0.29, 0.717) is 6.04 Å². The van der Waals surface area contributed by atoms with Gasteiger partial charge in [0.1, 0.15) is 0 Å². The van der Waals surface area contributed by atoms with Gasteiger partial charge in [-0.25, -0.2) is 0 Å². The molecule has 3 aliphatic rings. The largest absolute Gasteiger partial charge is 0.379 e. The monoisotopic (exact) mass is 532 g/mol. The minimum atomic E-state index is 0. The predicted molar refractivity (Wildman–Crippen MR) is 131 cm³/mol. The average Bonchev–Trinajstić information content (AvgIpc) is 3.41. The fourth-order valence-electron chi connectivity index (χ4n) is 5.18. The maximum Gasteiger partial charge on any atom is 0.193 e. The molecule has 4 rings (SSSR count). The number of benzene rings is 1. The number of guanidine groups is 1. The third-order valence-electron chi connectivity index (χ3n) is 6.84. The molecule has 7 heteroatoms. The van der Waals surface area contributed by atoms with Crippen molar-refractivity contribution in [3.63, 3.8) is 0 Å². The summed E-state index contributed by atoms with van der Waals surface area (Å²) < 4.78 is 5.51. The van der Waals surface area contributed by atoms with Crippen LogP contribution in [0.2, 0.25) is 5.02 Å². The zero-order valence-corrected chi connectivity index (χ0v) is 20.5. The fourth-order valence-corrected chi connectivity index (χ4v) is 5.30. The molecule has 162 valence electrons. The lowest BCUT2D eigenvalue weighted by Gasteiger charge is -2.34. The first-order chi connectivity index (χ1) is 13.7. The summed E-state index contributed by atoms with van der Waals surface area (Å²) in [6.07, 6.45) is 6.27. The third kappa shape index (κ3) is 5.38. The van der Waals surface area contributed by atoms with Gasteiger partial charge in [-0.2, -0.15) is 0 Å². The number of hydrogen-bond acceptors (Lipinski definition) is 3. The number of aliphatic imine (C=N–C) groups is 1. The standard InChI is InChI=1S/C22H33ClN4O.HI/c1-24-21(27-11-8-20(16-27)26-12-14-28-15-13-26)25-17-22(9-2-3-10-22)18-4-6-19(23)7-5-18;/h4-7,20H,2-3,8-17H2,1H3,(H,24,25);1H. The van der Waals surface area contributed by atoms with Crippen molar-refractivity contribution in [2.24, 2.45) is 4.99 Å². The van der Waals surface area contributed by atoms with Gasteiger partial charge in [-0.3, -0.25) is 9.89 Å². The summed E-state index contributed by atoms with van der Waals surface area (Å²) in [6.45, 7) is 6.94. The molecular weight excluding hydrogens is 499 g/mol. The molecule has 1 unspecified atom stereocenters. The highest BCUT2D eigenvalue weighted by molar-refractivity contribution is 14.0. The van der Waals surface area contributed by atoms with Gasteiger partial charge < -0.3 is 15.0 Å².